The molecule has 0 radical (unpaired) electrons. The van der Waals surface area contributed by atoms with Gasteiger partial charge in [0.2, 0.25) is 5.91 Å². The minimum atomic E-state index is -0.827. The molecule has 0 aliphatic heterocycles. The molecule has 1 aromatic carbocycles. The Hall–Kier alpha value is -2.44. The van der Waals surface area contributed by atoms with Gasteiger partial charge in [0.1, 0.15) is 0 Å². The van der Waals surface area contributed by atoms with Crippen molar-refractivity contribution in [3.8, 4) is 0 Å². The molecule has 2 aromatic rings. The number of nitro groups is 1. The molecule has 0 fully saturated rings. The Labute approximate surface area is 94.4 Å². The van der Waals surface area contributed by atoms with Crippen molar-refractivity contribution >= 4 is 22.7 Å². The van der Waals surface area contributed by atoms with Crippen molar-refractivity contribution in [1.29, 1.82) is 0 Å². The van der Waals surface area contributed by atoms with Crippen LogP contribution in [-0.4, -0.2) is 15.4 Å². The third-order valence-electron chi connectivity index (χ3n) is 2.33. The molecule has 0 unspecified atom stereocenters. The van der Waals surface area contributed by atoms with E-state index in [0.29, 0.717) is 0 Å². The van der Waals surface area contributed by atoms with Crippen LogP contribution in [-0.2, 0) is 0 Å². The molecule has 0 N–H and O–H groups in total. The lowest BCUT2D eigenvalue weighted by Gasteiger charge is -1.96. The van der Waals surface area contributed by atoms with Crippen molar-refractivity contribution in [2.75, 3.05) is 0 Å². The van der Waals surface area contributed by atoms with Crippen molar-refractivity contribution in [2.24, 2.45) is 0 Å². The van der Waals surface area contributed by atoms with E-state index >= 15 is 0 Å². The predicted molar refractivity (Wildman–Crippen MR) is 58.0 cm³/mol. The molecule has 0 aliphatic rings. The van der Waals surface area contributed by atoms with Crippen LogP contribution in [0.15, 0.2) is 27.4 Å². The summed E-state index contributed by atoms with van der Waals surface area (Å²) in [5.41, 5.74) is 0.0841. The number of oxazole rings is 1. The molecule has 0 saturated carbocycles. The van der Waals surface area contributed by atoms with Gasteiger partial charge < -0.3 is 4.42 Å². The Balaban J connectivity index is 2.73. The molecule has 2 rings (SSSR count). The molecule has 1 heterocycles. The molecule has 88 valence electrons. The van der Waals surface area contributed by atoms with Crippen molar-refractivity contribution in [2.45, 2.75) is 13.3 Å². The molecule has 1 aromatic heterocycles. The molecular formula is C10H8N2O5. The van der Waals surface area contributed by atoms with Gasteiger partial charge in [0.15, 0.2) is 5.58 Å². The molecule has 0 bridgehead atoms. The topological polar surface area (TPSA) is 95.3 Å². The predicted octanol–water partition coefficient (Wildman–Crippen LogP) is 1.55. The molecule has 0 saturated heterocycles. The van der Waals surface area contributed by atoms with Crippen molar-refractivity contribution < 1.29 is 14.1 Å². The van der Waals surface area contributed by atoms with Gasteiger partial charge in [-0.1, -0.05) is 6.92 Å². The highest BCUT2D eigenvalue weighted by atomic mass is 16.6. The third kappa shape index (κ3) is 1.71. The Morgan fingerprint density at radius 1 is 1.53 bits per heavy atom. The monoisotopic (exact) mass is 236 g/mol. The first-order valence-electron chi connectivity index (χ1n) is 4.87. The van der Waals surface area contributed by atoms with Gasteiger partial charge in [0.05, 0.1) is 16.5 Å². The molecule has 0 amide bonds. The van der Waals surface area contributed by atoms with E-state index in [0.717, 1.165) is 10.6 Å². The number of nitro benzene ring substituents is 1. The smallest absolute Gasteiger partial charge is 0.407 e. The Kier molecular flexibility index (Phi) is 2.51. The zero-order chi connectivity index (χ0) is 12.6. The quantitative estimate of drug-likeness (QED) is 0.582. The average Bonchev–Trinajstić information content (AvgIpc) is 2.62. The molecule has 7 nitrogen and oxygen atoms in total. The maximum Gasteiger partial charge on any atom is 0.426 e. The van der Waals surface area contributed by atoms with Gasteiger partial charge in [-0.25, -0.2) is 9.36 Å². The van der Waals surface area contributed by atoms with Crippen molar-refractivity contribution in [1.82, 2.24) is 4.57 Å². The first kappa shape index (κ1) is 11.1. The van der Waals surface area contributed by atoms with E-state index in [1.165, 1.54) is 12.1 Å². The first-order valence-corrected chi connectivity index (χ1v) is 4.87. The van der Waals surface area contributed by atoms with Crippen molar-refractivity contribution in [3.63, 3.8) is 0 Å². The molecule has 17 heavy (non-hydrogen) atoms. The zero-order valence-corrected chi connectivity index (χ0v) is 8.87. The second-order valence-corrected chi connectivity index (χ2v) is 3.36. The first-order chi connectivity index (χ1) is 8.04. The fourth-order valence-corrected chi connectivity index (χ4v) is 1.52. The highest BCUT2D eigenvalue weighted by molar-refractivity contribution is 5.89. The summed E-state index contributed by atoms with van der Waals surface area (Å²) >= 11 is 0. The van der Waals surface area contributed by atoms with Crippen LogP contribution in [0.2, 0.25) is 0 Å². The molecule has 0 atom stereocenters. The molecule has 0 aliphatic carbocycles. The number of carbonyl (C=O) groups excluding carboxylic acids is 1. The third-order valence-corrected chi connectivity index (χ3v) is 2.33. The minimum Gasteiger partial charge on any atom is -0.407 e. The zero-order valence-electron chi connectivity index (χ0n) is 8.87. The number of benzene rings is 1. The molecular weight excluding hydrogens is 228 g/mol. The van der Waals surface area contributed by atoms with E-state index in [1.807, 2.05) is 0 Å². The summed E-state index contributed by atoms with van der Waals surface area (Å²) in [6.45, 7) is 1.61. The summed E-state index contributed by atoms with van der Waals surface area (Å²) < 4.78 is 5.67. The van der Waals surface area contributed by atoms with E-state index in [4.69, 9.17) is 4.42 Å². The molecule has 7 heteroatoms. The lowest BCUT2D eigenvalue weighted by Crippen LogP contribution is -2.21. The lowest BCUT2D eigenvalue weighted by atomic mass is 10.3. The lowest BCUT2D eigenvalue weighted by molar-refractivity contribution is -0.384. The Morgan fingerprint density at radius 2 is 2.24 bits per heavy atom. The van der Waals surface area contributed by atoms with Crippen LogP contribution in [0.1, 0.15) is 18.1 Å². The Bertz CT molecular complexity index is 667. The van der Waals surface area contributed by atoms with E-state index in [2.05, 4.69) is 0 Å². The molecule has 0 spiro atoms. The van der Waals surface area contributed by atoms with Gasteiger partial charge >= 0.3 is 5.76 Å². The highest BCUT2D eigenvalue weighted by Gasteiger charge is 2.17. The number of non-ortho nitro benzene ring substituents is 1. The van der Waals surface area contributed by atoms with Crippen LogP contribution in [0, 0.1) is 10.1 Å². The SMILES string of the molecule is CCC(=O)n1c(=O)oc2cc([N+](=O)[O-])ccc21. The summed E-state index contributed by atoms with van der Waals surface area (Å²) in [6.07, 6.45) is 0.144. The number of nitrogens with zero attached hydrogens (tertiary/aromatic N) is 2. The van der Waals surface area contributed by atoms with E-state index in [9.17, 15) is 19.7 Å². The van der Waals surface area contributed by atoms with Gasteiger partial charge in [-0.3, -0.25) is 14.9 Å². The standard InChI is InChI=1S/C10H8N2O5/c1-2-9(13)11-7-4-3-6(12(15)16)5-8(7)17-10(11)14/h3-5H,2H2,1H3. The summed E-state index contributed by atoms with van der Waals surface area (Å²) in [5.74, 6) is -1.24. The summed E-state index contributed by atoms with van der Waals surface area (Å²) in [6, 6.07) is 3.67. The van der Waals surface area contributed by atoms with Gasteiger partial charge in [0, 0.05) is 12.5 Å². The van der Waals surface area contributed by atoms with Crippen LogP contribution >= 0.6 is 0 Å². The van der Waals surface area contributed by atoms with E-state index in [-0.39, 0.29) is 23.2 Å². The number of fused-ring (bicyclic) bond motifs is 1. The van der Waals surface area contributed by atoms with Crippen LogP contribution in [0.5, 0.6) is 0 Å². The second kappa shape index (κ2) is 3.85. The van der Waals surface area contributed by atoms with Gasteiger partial charge in [-0.05, 0) is 6.07 Å². The largest absolute Gasteiger partial charge is 0.426 e. The van der Waals surface area contributed by atoms with Gasteiger partial charge in [-0.2, -0.15) is 0 Å². The second-order valence-electron chi connectivity index (χ2n) is 3.36. The van der Waals surface area contributed by atoms with Gasteiger partial charge in [0.25, 0.3) is 5.69 Å². The summed E-state index contributed by atoms with van der Waals surface area (Å²) in [7, 11) is 0. The normalized spacial score (nSPS) is 10.6. The minimum absolute atomic E-state index is 0.0333. The fraction of sp³-hybridized carbons (Fsp3) is 0.200. The number of aromatic nitrogens is 1. The van der Waals surface area contributed by atoms with Crippen molar-refractivity contribution in [3.05, 3.63) is 38.9 Å². The number of hydrogen-bond acceptors (Lipinski definition) is 5. The Morgan fingerprint density at radius 3 is 2.82 bits per heavy atom. The average molecular weight is 236 g/mol. The number of hydrogen-bond donors (Lipinski definition) is 0. The maximum atomic E-state index is 11.5. The van der Waals surface area contributed by atoms with Crippen LogP contribution in [0.25, 0.3) is 11.1 Å². The van der Waals surface area contributed by atoms with Crippen LogP contribution in [0.3, 0.4) is 0 Å². The number of carbonyl (C=O) groups is 1. The van der Waals surface area contributed by atoms with Crippen LogP contribution in [0.4, 0.5) is 5.69 Å². The number of rotatable bonds is 2. The van der Waals surface area contributed by atoms with E-state index < -0.39 is 16.6 Å². The maximum absolute atomic E-state index is 11.5. The fourth-order valence-electron chi connectivity index (χ4n) is 1.52. The van der Waals surface area contributed by atoms with Gasteiger partial charge in [-0.15, -0.1) is 0 Å². The summed E-state index contributed by atoms with van der Waals surface area (Å²) in [5, 5.41) is 10.5. The van der Waals surface area contributed by atoms with E-state index in [1.54, 1.807) is 6.92 Å². The summed E-state index contributed by atoms with van der Waals surface area (Å²) in [4.78, 5) is 32.9. The highest BCUT2D eigenvalue weighted by Crippen LogP contribution is 2.20. The van der Waals surface area contributed by atoms with Crippen LogP contribution < -0.4 is 5.76 Å².